The van der Waals surface area contributed by atoms with Crippen LogP contribution in [-0.4, -0.2) is 26.2 Å². The summed E-state index contributed by atoms with van der Waals surface area (Å²) in [5.74, 6) is -0.378. The lowest BCUT2D eigenvalue weighted by molar-refractivity contribution is -0.121. The molecule has 1 saturated heterocycles. The van der Waals surface area contributed by atoms with Crippen molar-refractivity contribution in [3.8, 4) is 5.69 Å². The second kappa shape index (κ2) is 7.05. The zero-order valence-corrected chi connectivity index (χ0v) is 17.2. The van der Waals surface area contributed by atoms with Crippen LogP contribution in [0.15, 0.2) is 33.6 Å². The van der Waals surface area contributed by atoms with E-state index < -0.39 is 0 Å². The van der Waals surface area contributed by atoms with Gasteiger partial charge in [-0.15, -0.1) is 0 Å². The van der Waals surface area contributed by atoms with E-state index in [9.17, 15) is 9.18 Å². The number of amides is 1. The number of hydrogen-bond donors (Lipinski definition) is 0. The molecule has 1 amide bonds. The Hall–Kier alpha value is -1.44. The summed E-state index contributed by atoms with van der Waals surface area (Å²) in [5.41, 5.74) is 3.15. The minimum atomic E-state index is -0.306. The first kappa shape index (κ1) is 18.4. The molecule has 2 heterocycles. The molecule has 1 aliphatic heterocycles. The van der Waals surface area contributed by atoms with Crippen LogP contribution in [0.5, 0.6) is 0 Å². The number of aromatic nitrogens is 1. The van der Waals surface area contributed by atoms with Gasteiger partial charge in [-0.05, 0) is 56.7 Å². The number of thiocarbonyl (C=S) groups is 1. The number of benzene rings is 1. The summed E-state index contributed by atoms with van der Waals surface area (Å²) < 4.78 is 17.5. The van der Waals surface area contributed by atoms with Gasteiger partial charge in [0, 0.05) is 22.4 Å². The summed E-state index contributed by atoms with van der Waals surface area (Å²) in [6.07, 6.45) is 1.84. The predicted molar refractivity (Wildman–Crippen MR) is 108 cm³/mol. The molecule has 0 radical (unpaired) electrons. The van der Waals surface area contributed by atoms with Crippen molar-refractivity contribution >= 4 is 56.2 Å². The minimum Gasteiger partial charge on any atom is -0.315 e. The lowest BCUT2D eigenvalue weighted by Gasteiger charge is -2.11. The number of carbonyl (C=O) groups is 1. The lowest BCUT2D eigenvalue weighted by Crippen LogP contribution is -2.27. The Morgan fingerprint density at radius 1 is 1.32 bits per heavy atom. The Morgan fingerprint density at radius 3 is 2.64 bits per heavy atom. The summed E-state index contributed by atoms with van der Waals surface area (Å²) in [4.78, 5) is 14.6. The summed E-state index contributed by atoms with van der Waals surface area (Å²) in [6.45, 7) is 6.30. The Balaban J connectivity index is 2.05. The molecule has 1 aliphatic rings. The summed E-state index contributed by atoms with van der Waals surface area (Å²) in [6, 6.07) is 6.94. The quantitative estimate of drug-likeness (QED) is 0.485. The van der Waals surface area contributed by atoms with Gasteiger partial charge >= 0.3 is 0 Å². The van der Waals surface area contributed by atoms with E-state index in [2.05, 4.69) is 15.9 Å². The molecule has 0 aliphatic carbocycles. The van der Waals surface area contributed by atoms with Gasteiger partial charge in [0.1, 0.15) is 10.1 Å². The maximum absolute atomic E-state index is 14.4. The van der Waals surface area contributed by atoms with Gasteiger partial charge in [0.2, 0.25) is 0 Å². The molecule has 0 atom stereocenters. The van der Waals surface area contributed by atoms with Gasteiger partial charge in [-0.25, -0.2) is 4.39 Å². The topological polar surface area (TPSA) is 25.2 Å². The third-order valence-corrected chi connectivity index (χ3v) is 5.97. The first-order valence-corrected chi connectivity index (χ1v) is 9.75. The van der Waals surface area contributed by atoms with Crippen molar-refractivity contribution in [3.63, 3.8) is 0 Å². The second-order valence-electron chi connectivity index (χ2n) is 5.68. The Morgan fingerprint density at radius 2 is 2.04 bits per heavy atom. The highest BCUT2D eigenvalue weighted by atomic mass is 79.9. The number of nitrogens with zero attached hydrogens (tertiary/aromatic N) is 2. The van der Waals surface area contributed by atoms with Gasteiger partial charge in [0.05, 0.1) is 10.6 Å². The van der Waals surface area contributed by atoms with Gasteiger partial charge in [-0.2, -0.15) is 0 Å². The molecule has 0 unspecified atom stereocenters. The minimum absolute atomic E-state index is 0.0721. The van der Waals surface area contributed by atoms with Crippen LogP contribution in [0.3, 0.4) is 0 Å². The normalized spacial score (nSPS) is 16.4. The zero-order chi connectivity index (χ0) is 18.3. The van der Waals surface area contributed by atoms with Gasteiger partial charge in [0.25, 0.3) is 5.91 Å². The van der Waals surface area contributed by atoms with Crippen molar-refractivity contribution in [3.05, 3.63) is 56.4 Å². The van der Waals surface area contributed by atoms with E-state index in [1.807, 2.05) is 43.5 Å². The lowest BCUT2D eigenvalue weighted by atomic mass is 10.2. The number of halogens is 2. The number of rotatable bonds is 3. The Bertz CT molecular complexity index is 920. The monoisotopic (exact) mass is 438 g/mol. The maximum atomic E-state index is 14.4. The fourth-order valence-electron chi connectivity index (χ4n) is 2.88. The Labute approximate surface area is 164 Å². The second-order valence-corrected chi connectivity index (χ2v) is 8.28. The maximum Gasteiger partial charge on any atom is 0.266 e. The molecular formula is C18H16BrFN2OS2. The highest BCUT2D eigenvalue weighted by molar-refractivity contribution is 9.10. The number of thioether (sulfide) groups is 1. The van der Waals surface area contributed by atoms with Gasteiger partial charge in [-0.1, -0.05) is 39.9 Å². The van der Waals surface area contributed by atoms with E-state index in [4.69, 9.17) is 12.2 Å². The van der Waals surface area contributed by atoms with E-state index in [1.54, 1.807) is 11.0 Å². The third kappa shape index (κ3) is 3.32. The zero-order valence-electron chi connectivity index (χ0n) is 14.0. The summed E-state index contributed by atoms with van der Waals surface area (Å²) in [5, 5.41) is 0. The molecule has 1 fully saturated rings. The summed E-state index contributed by atoms with van der Waals surface area (Å²) in [7, 11) is 0. The van der Waals surface area contributed by atoms with Crippen molar-refractivity contribution in [1.82, 2.24) is 9.47 Å². The average Bonchev–Trinajstić information content (AvgIpc) is 2.97. The van der Waals surface area contributed by atoms with Crippen LogP contribution < -0.4 is 0 Å². The molecule has 1 aromatic carbocycles. The first-order valence-electron chi connectivity index (χ1n) is 7.73. The molecule has 0 N–H and O–H groups in total. The van der Waals surface area contributed by atoms with Crippen LogP contribution in [0.4, 0.5) is 4.39 Å². The molecule has 3 rings (SSSR count). The van der Waals surface area contributed by atoms with E-state index in [0.717, 1.165) is 17.0 Å². The fraction of sp³-hybridized carbons (Fsp3) is 0.222. The number of likely N-dealkylation sites (N-methyl/N-ethyl adjacent to an activating group) is 1. The Kier molecular flexibility index (Phi) is 5.18. The molecule has 7 heteroatoms. The van der Waals surface area contributed by atoms with E-state index in [0.29, 0.717) is 25.9 Å². The molecule has 0 bridgehead atoms. The summed E-state index contributed by atoms with van der Waals surface area (Å²) >= 11 is 9.83. The van der Waals surface area contributed by atoms with Crippen molar-refractivity contribution < 1.29 is 9.18 Å². The smallest absolute Gasteiger partial charge is 0.266 e. The van der Waals surface area contributed by atoms with Crippen LogP contribution in [0, 0.1) is 19.7 Å². The molecule has 3 nitrogen and oxygen atoms in total. The molecule has 25 heavy (non-hydrogen) atoms. The molecular weight excluding hydrogens is 423 g/mol. The SMILES string of the molecule is CCN1C(=O)C(=Cc2cc(C)n(-c3ccc(Br)cc3F)c2C)SC1=S. The standard InChI is InChI=1S/C18H16BrFN2OS2/c1-4-21-17(23)16(25-18(21)24)8-12-7-10(2)22(11(12)3)15-6-5-13(19)9-14(15)20/h5-9H,4H2,1-3H3. The van der Waals surface area contributed by atoms with Crippen molar-refractivity contribution in [1.29, 1.82) is 0 Å². The molecule has 0 saturated carbocycles. The van der Waals surface area contributed by atoms with Crippen LogP contribution in [0.25, 0.3) is 11.8 Å². The van der Waals surface area contributed by atoms with E-state index >= 15 is 0 Å². The van der Waals surface area contributed by atoms with Crippen LogP contribution in [-0.2, 0) is 4.79 Å². The first-order chi connectivity index (χ1) is 11.8. The van der Waals surface area contributed by atoms with Gasteiger partial charge in [0.15, 0.2) is 0 Å². The average molecular weight is 439 g/mol. The molecule has 130 valence electrons. The third-order valence-electron chi connectivity index (χ3n) is 4.10. The van der Waals surface area contributed by atoms with Crippen molar-refractivity contribution in [2.75, 3.05) is 6.54 Å². The van der Waals surface area contributed by atoms with E-state index in [1.165, 1.54) is 17.8 Å². The largest absolute Gasteiger partial charge is 0.315 e. The highest BCUT2D eigenvalue weighted by Crippen LogP contribution is 2.34. The van der Waals surface area contributed by atoms with Crippen molar-refractivity contribution in [2.24, 2.45) is 0 Å². The molecule has 1 aromatic heterocycles. The predicted octanol–water partition coefficient (Wildman–Crippen LogP) is 5.22. The highest BCUT2D eigenvalue weighted by Gasteiger charge is 2.31. The van der Waals surface area contributed by atoms with Crippen LogP contribution in [0.2, 0.25) is 0 Å². The fourth-order valence-corrected chi connectivity index (χ4v) is 4.59. The van der Waals surface area contributed by atoms with Crippen molar-refractivity contribution in [2.45, 2.75) is 20.8 Å². The number of aryl methyl sites for hydroxylation is 1. The van der Waals surface area contributed by atoms with Crippen LogP contribution in [0.1, 0.15) is 23.9 Å². The van der Waals surface area contributed by atoms with Gasteiger partial charge < -0.3 is 4.57 Å². The van der Waals surface area contributed by atoms with E-state index in [-0.39, 0.29) is 11.7 Å². The van der Waals surface area contributed by atoms with Gasteiger partial charge in [-0.3, -0.25) is 9.69 Å². The number of hydrogen-bond acceptors (Lipinski definition) is 3. The molecule has 2 aromatic rings. The van der Waals surface area contributed by atoms with Crippen LogP contribution >= 0.6 is 39.9 Å². The number of carbonyl (C=O) groups excluding carboxylic acids is 1. The molecule has 0 spiro atoms.